The van der Waals surface area contributed by atoms with Gasteiger partial charge in [-0.15, -0.1) is 0 Å². The minimum absolute atomic E-state index is 0.157. The van der Waals surface area contributed by atoms with Gasteiger partial charge in [0.15, 0.2) is 5.82 Å². The summed E-state index contributed by atoms with van der Waals surface area (Å²) in [5.74, 6) is -0.0362. The molecule has 102 valence electrons. The number of aryl methyl sites for hydroxylation is 1. The first kappa shape index (κ1) is 12.2. The molecule has 1 saturated carbocycles. The maximum atomic E-state index is 12.1. The van der Waals surface area contributed by atoms with Crippen LogP contribution in [0.5, 0.6) is 0 Å². The first-order chi connectivity index (χ1) is 9.09. The van der Waals surface area contributed by atoms with Gasteiger partial charge in [0.05, 0.1) is 0 Å². The van der Waals surface area contributed by atoms with E-state index in [1.807, 2.05) is 0 Å². The number of aliphatic carboxylic acids is 1. The van der Waals surface area contributed by atoms with Gasteiger partial charge in [-0.2, -0.15) is 0 Å². The molecule has 3 atom stereocenters. The number of rotatable bonds is 2. The van der Waals surface area contributed by atoms with Crippen molar-refractivity contribution in [1.82, 2.24) is 9.55 Å². The van der Waals surface area contributed by atoms with Crippen molar-refractivity contribution in [1.29, 1.82) is 0 Å². The SMILES string of the molecule is Cn1ccnc(N2CC3CCCC3C2C(=O)O)c1=O. The standard InChI is InChI=1S/C13H17N3O3/c1-15-6-5-14-11(12(15)17)16-7-8-3-2-4-9(8)10(16)13(18)19/h5-6,8-10H,2-4,7H2,1H3,(H,18,19). The predicted molar refractivity (Wildman–Crippen MR) is 69.1 cm³/mol. The molecule has 1 aromatic rings. The highest BCUT2D eigenvalue weighted by Crippen LogP contribution is 2.42. The highest BCUT2D eigenvalue weighted by molar-refractivity contribution is 5.79. The number of hydrogen-bond donors (Lipinski definition) is 1. The van der Waals surface area contributed by atoms with Gasteiger partial charge in [0.25, 0.3) is 5.56 Å². The van der Waals surface area contributed by atoms with Crippen LogP contribution in [-0.4, -0.2) is 33.2 Å². The maximum absolute atomic E-state index is 12.1. The highest BCUT2D eigenvalue weighted by Gasteiger charge is 2.48. The lowest BCUT2D eigenvalue weighted by atomic mass is 9.94. The van der Waals surface area contributed by atoms with Gasteiger partial charge in [0, 0.05) is 26.0 Å². The van der Waals surface area contributed by atoms with Crippen LogP contribution in [0, 0.1) is 11.8 Å². The molecule has 1 saturated heterocycles. The molecule has 3 rings (SSSR count). The third-order valence-electron chi connectivity index (χ3n) is 4.41. The maximum Gasteiger partial charge on any atom is 0.326 e. The Morgan fingerprint density at radius 1 is 1.47 bits per heavy atom. The van der Waals surface area contributed by atoms with Gasteiger partial charge in [0.1, 0.15) is 6.04 Å². The minimum Gasteiger partial charge on any atom is -0.480 e. The average Bonchev–Trinajstić information content (AvgIpc) is 2.91. The van der Waals surface area contributed by atoms with E-state index >= 15 is 0 Å². The zero-order valence-corrected chi connectivity index (χ0v) is 10.8. The van der Waals surface area contributed by atoms with E-state index in [1.165, 1.54) is 4.57 Å². The number of hydrogen-bond acceptors (Lipinski definition) is 4. The van der Waals surface area contributed by atoms with Crippen molar-refractivity contribution in [2.24, 2.45) is 18.9 Å². The summed E-state index contributed by atoms with van der Waals surface area (Å²) in [6.07, 6.45) is 6.21. The van der Waals surface area contributed by atoms with Crippen LogP contribution in [0.1, 0.15) is 19.3 Å². The molecular weight excluding hydrogens is 246 g/mol. The first-order valence-corrected chi connectivity index (χ1v) is 6.60. The quantitative estimate of drug-likeness (QED) is 0.839. The molecule has 1 aliphatic heterocycles. The number of anilines is 1. The van der Waals surface area contributed by atoms with Gasteiger partial charge < -0.3 is 14.6 Å². The number of aromatic nitrogens is 2. The van der Waals surface area contributed by atoms with Crippen molar-refractivity contribution in [3.05, 3.63) is 22.7 Å². The fourth-order valence-corrected chi connectivity index (χ4v) is 3.52. The molecule has 6 nitrogen and oxygen atoms in total. The molecule has 19 heavy (non-hydrogen) atoms. The van der Waals surface area contributed by atoms with Gasteiger partial charge in [-0.3, -0.25) is 4.79 Å². The Labute approximate surface area is 110 Å². The van der Waals surface area contributed by atoms with E-state index in [2.05, 4.69) is 4.98 Å². The molecule has 3 unspecified atom stereocenters. The fraction of sp³-hybridized carbons (Fsp3) is 0.615. The molecule has 0 amide bonds. The summed E-state index contributed by atoms with van der Waals surface area (Å²) in [4.78, 5) is 29.5. The molecule has 0 spiro atoms. The van der Waals surface area contributed by atoms with Gasteiger partial charge in [-0.1, -0.05) is 6.42 Å². The molecule has 1 N–H and O–H groups in total. The number of carbonyl (C=O) groups is 1. The fourth-order valence-electron chi connectivity index (χ4n) is 3.52. The van der Waals surface area contributed by atoms with E-state index in [0.29, 0.717) is 12.5 Å². The van der Waals surface area contributed by atoms with Gasteiger partial charge in [0.2, 0.25) is 0 Å². The molecule has 2 heterocycles. The summed E-state index contributed by atoms with van der Waals surface area (Å²) < 4.78 is 1.44. The zero-order chi connectivity index (χ0) is 13.6. The molecule has 1 aliphatic carbocycles. The zero-order valence-electron chi connectivity index (χ0n) is 10.8. The summed E-state index contributed by atoms with van der Waals surface area (Å²) in [5.41, 5.74) is -0.228. The Hall–Kier alpha value is -1.85. The lowest BCUT2D eigenvalue weighted by Crippen LogP contribution is -2.43. The lowest BCUT2D eigenvalue weighted by molar-refractivity contribution is -0.139. The molecule has 2 aliphatic rings. The number of carboxylic acid groups (broad SMARTS) is 1. The third-order valence-corrected chi connectivity index (χ3v) is 4.41. The second kappa shape index (κ2) is 4.36. The van der Waals surface area contributed by atoms with Crippen molar-refractivity contribution in [3.63, 3.8) is 0 Å². The molecular formula is C13H17N3O3. The third kappa shape index (κ3) is 1.82. The lowest BCUT2D eigenvalue weighted by Gasteiger charge is -2.24. The van der Waals surface area contributed by atoms with Crippen LogP contribution in [0.15, 0.2) is 17.2 Å². The van der Waals surface area contributed by atoms with Gasteiger partial charge >= 0.3 is 5.97 Å². The largest absolute Gasteiger partial charge is 0.480 e. The van der Waals surface area contributed by atoms with Crippen LogP contribution in [0.4, 0.5) is 5.82 Å². The summed E-state index contributed by atoms with van der Waals surface area (Å²) in [7, 11) is 1.65. The summed E-state index contributed by atoms with van der Waals surface area (Å²) >= 11 is 0. The average molecular weight is 263 g/mol. The summed E-state index contributed by atoms with van der Waals surface area (Å²) in [6.45, 7) is 0.633. The number of fused-ring (bicyclic) bond motifs is 1. The Balaban J connectivity index is 2.02. The molecule has 0 radical (unpaired) electrons. The number of nitrogens with zero attached hydrogens (tertiary/aromatic N) is 3. The Kier molecular flexibility index (Phi) is 2.80. The molecule has 0 aromatic carbocycles. The van der Waals surface area contributed by atoms with Crippen LogP contribution in [0.25, 0.3) is 0 Å². The van der Waals surface area contributed by atoms with Crippen molar-refractivity contribution in [2.75, 3.05) is 11.4 Å². The second-order valence-corrected chi connectivity index (χ2v) is 5.46. The van der Waals surface area contributed by atoms with Crippen molar-refractivity contribution in [2.45, 2.75) is 25.3 Å². The smallest absolute Gasteiger partial charge is 0.326 e. The van der Waals surface area contributed by atoms with Gasteiger partial charge in [-0.25, -0.2) is 9.78 Å². The van der Waals surface area contributed by atoms with E-state index in [1.54, 1.807) is 24.3 Å². The highest BCUT2D eigenvalue weighted by atomic mass is 16.4. The second-order valence-electron chi connectivity index (χ2n) is 5.46. The van der Waals surface area contributed by atoms with E-state index in [0.717, 1.165) is 19.3 Å². The Bertz CT molecular complexity index is 568. The van der Waals surface area contributed by atoms with Crippen LogP contribution >= 0.6 is 0 Å². The monoisotopic (exact) mass is 263 g/mol. The van der Waals surface area contributed by atoms with Crippen molar-refractivity contribution >= 4 is 11.8 Å². The van der Waals surface area contributed by atoms with Gasteiger partial charge in [-0.05, 0) is 24.7 Å². The van der Waals surface area contributed by atoms with Crippen LogP contribution in [-0.2, 0) is 11.8 Å². The molecule has 1 aromatic heterocycles. The summed E-state index contributed by atoms with van der Waals surface area (Å²) in [6, 6.07) is -0.602. The van der Waals surface area contributed by atoms with Crippen molar-refractivity contribution < 1.29 is 9.90 Å². The first-order valence-electron chi connectivity index (χ1n) is 6.60. The molecule has 6 heteroatoms. The van der Waals surface area contributed by atoms with E-state index in [9.17, 15) is 14.7 Å². The predicted octanol–water partition coefficient (Wildman–Crippen LogP) is 0.470. The number of carboxylic acids is 1. The Morgan fingerprint density at radius 2 is 2.26 bits per heavy atom. The minimum atomic E-state index is -0.845. The van der Waals surface area contributed by atoms with E-state index in [-0.39, 0.29) is 17.3 Å². The topological polar surface area (TPSA) is 75.4 Å². The van der Waals surface area contributed by atoms with Crippen LogP contribution in [0.2, 0.25) is 0 Å². The van der Waals surface area contributed by atoms with Crippen molar-refractivity contribution in [3.8, 4) is 0 Å². The van der Waals surface area contributed by atoms with E-state index < -0.39 is 12.0 Å². The normalized spacial score (nSPS) is 29.5. The molecule has 2 fully saturated rings. The Morgan fingerprint density at radius 3 is 3.00 bits per heavy atom. The van der Waals surface area contributed by atoms with E-state index in [4.69, 9.17) is 0 Å². The van der Waals surface area contributed by atoms with Crippen LogP contribution in [0.3, 0.4) is 0 Å². The molecule has 0 bridgehead atoms. The van der Waals surface area contributed by atoms with Crippen LogP contribution < -0.4 is 10.5 Å². The summed E-state index contributed by atoms with van der Waals surface area (Å²) in [5, 5.41) is 9.47.